The van der Waals surface area contributed by atoms with Gasteiger partial charge in [-0.25, -0.2) is 0 Å². The number of halogens is 2. The SMILES string of the molecule is CCCCC(Cl)(Cl)C(O)S(=O)(=O)O. The van der Waals surface area contributed by atoms with E-state index >= 15 is 0 Å². The van der Waals surface area contributed by atoms with Crippen LogP contribution in [0, 0.1) is 0 Å². The summed E-state index contributed by atoms with van der Waals surface area (Å²) in [5, 5.41) is 9.04. The molecule has 0 aromatic heterocycles. The normalized spacial score (nSPS) is 15.8. The molecular weight excluding hydrogens is 239 g/mol. The molecule has 2 N–H and O–H groups in total. The minimum Gasteiger partial charge on any atom is -0.373 e. The van der Waals surface area contributed by atoms with Crippen LogP contribution in [-0.4, -0.2) is 27.8 Å². The van der Waals surface area contributed by atoms with Crippen molar-refractivity contribution in [1.82, 2.24) is 0 Å². The molecule has 7 heteroatoms. The molecule has 0 rings (SSSR count). The van der Waals surface area contributed by atoms with Gasteiger partial charge in [-0.15, -0.1) is 0 Å². The predicted octanol–water partition coefficient (Wildman–Crippen LogP) is 1.56. The Morgan fingerprint density at radius 1 is 1.46 bits per heavy atom. The van der Waals surface area contributed by atoms with Crippen LogP contribution in [0.3, 0.4) is 0 Å². The fraction of sp³-hybridized carbons (Fsp3) is 1.00. The van der Waals surface area contributed by atoms with Crippen molar-refractivity contribution in [3.8, 4) is 0 Å². The van der Waals surface area contributed by atoms with Crippen molar-refractivity contribution < 1.29 is 18.1 Å². The molecule has 0 heterocycles. The molecule has 1 unspecified atom stereocenters. The Bertz CT molecular complexity index is 249. The van der Waals surface area contributed by atoms with E-state index in [1.54, 1.807) is 0 Å². The molecule has 80 valence electrons. The molecule has 0 saturated carbocycles. The zero-order chi connectivity index (χ0) is 10.7. The summed E-state index contributed by atoms with van der Waals surface area (Å²) in [6.07, 6.45) is 1.44. The summed E-state index contributed by atoms with van der Waals surface area (Å²) in [5.41, 5.74) is -2.16. The van der Waals surface area contributed by atoms with Crippen molar-refractivity contribution in [3.63, 3.8) is 0 Å². The van der Waals surface area contributed by atoms with Gasteiger partial charge in [-0.05, 0) is 6.42 Å². The lowest BCUT2D eigenvalue weighted by atomic mass is 10.2. The van der Waals surface area contributed by atoms with Gasteiger partial charge < -0.3 is 5.11 Å². The maximum atomic E-state index is 10.5. The minimum absolute atomic E-state index is 0.105. The largest absolute Gasteiger partial charge is 0.373 e. The molecule has 4 nitrogen and oxygen atoms in total. The average molecular weight is 251 g/mol. The van der Waals surface area contributed by atoms with Crippen LogP contribution >= 0.6 is 23.2 Å². The van der Waals surface area contributed by atoms with E-state index in [0.717, 1.165) is 6.42 Å². The number of hydrogen-bond donors (Lipinski definition) is 2. The molecule has 0 aromatic carbocycles. The molecule has 0 bridgehead atoms. The highest BCUT2D eigenvalue weighted by Gasteiger charge is 2.41. The van der Waals surface area contributed by atoms with Gasteiger partial charge in [-0.2, -0.15) is 8.42 Å². The van der Waals surface area contributed by atoms with E-state index in [4.69, 9.17) is 32.9 Å². The van der Waals surface area contributed by atoms with Crippen LogP contribution in [0.15, 0.2) is 0 Å². The second kappa shape index (κ2) is 4.79. The molecule has 0 radical (unpaired) electrons. The standard InChI is InChI=1S/C6H12Cl2O4S/c1-2-3-4-6(7,8)5(9)13(10,11)12/h5,9H,2-4H2,1H3,(H,10,11,12). The Balaban J connectivity index is 4.45. The van der Waals surface area contributed by atoms with Crippen molar-refractivity contribution in [2.24, 2.45) is 0 Å². The fourth-order valence-electron chi connectivity index (χ4n) is 0.754. The molecule has 0 aliphatic carbocycles. The Morgan fingerprint density at radius 3 is 2.23 bits per heavy atom. The van der Waals surface area contributed by atoms with E-state index < -0.39 is 19.9 Å². The quantitative estimate of drug-likeness (QED) is 0.574. The van der Waals surface area contributed by atoms with Crippen LogP contribution in [-0.2, 0) is 10.1 Å². The van der Waals surface area contributed by atoms with Crippen LogP contribution in [0.2, 0.25) is 0 Å². The van der Waals surface area contributed by atoms with E-state index in [0.29, 0.717) is 6.42 Å². The van der Waals surface area contributed by atoms with Crippen molar-refractivity contribution >= 4 is 33.3 Å². The fourth-order valence-corrected chi connectivity index (χ4v) is 2.25. The van der Waals surface area contributed by atoms with E-state index in [9.17, 15) is 8.42 Å². The van der Waals surface area contributed by atoms with Gasteiger partial charge in [0.25, 0.3) is 10.1 Å². The lowest BCUT2D eigenvalue weighted by Gasteiger charge is -2.22. The topological polar surface area (TPSA) is 74.6 Å². The highest BCUT2D eigenvalue weighted by molar-refractivity contribution is 7.86. The van der Waals surface area contributed by atoms with Crippen molar-refractivity contribution in [2.45, 2.75) is 36.0 Å². The van der Waals surface area contributed by atoms with Gasteiger partial charge in [-0.1, -0.05) is 43.0 Å². The number of hydrogen-bond acceptors (Lipinski definition) is 3. The van der Waals surface area contributed by atoms with E-state index in [2.05, 4.69) is 0 Å². The molecule has 0 amide bonds. The molecule has 0 aliphatic rings. The van der Waals surface area contributed by atoms with Gasteiger partial charge in [0, 0.05) is 0 Å². The first-order chi connectivity index (χ1) is 5.72. The van der Waals surface area contributed by atoms with Crippen LogP contribution in [0.5, 0.6) is 0 Å². The maximum Gasteiger partial charge on any atom is 0.295 e. The van der Waals surface area contributed by atoms with E-state index in [-0.39, 0.29) is 6.42 Å². The molecular formula is C6H12Cl2O4S. The Kier molecular flexibility index (Phi) is 4.96. The summed E-state index contributed by atoms with van der Waals surface area (Å²) in [4.78, 5) is 0. The maximum absolute atomic E-state index is 10.5. The summed E-state index contributed by atoms with van der Waals surface area (Å²) in [6.45, 7) is 1.86. The highest BCUT2D eigenvalue weighted by atomic mass is 35.5. The van der Waals surface area contributed by atoms with Crippen molar-refractivity contribution in [1.29, 1.82) is 0 Å². The van der Waals surface area contributed by atoms with Gasteiger partial charge in [0.2, 0.25) is 5.44 Å². The summed E-state index contributed by atoms with van der Waals surface area (Å²) < 4.78 is 27.6. The summed E-state index contributed by atoms with van der Waals surface area (Å²) in [5.74, 6) is 0. The van der Waals surface area contributed by atoms with Gasteiger partial charge in [0.1, 0.15) is 0 Å². The zero-order valence-electron chi connectivity index (χ0n) is 7.07. The Morgan fingerprint density at radius 2 is 1.92 bits per heavy atom. The number of aliphatic hydroxyl groups excluding tert-OH is 1. The van der Waals surface area contributed by atoms with Crippen LogP contribution < -0.4 is 0 Å². The predicted molar refractivity (Wildman–Crippen MR) is 51.5 cm³/mol. The average Bonchev–Trinajstić information content (AvgIpc) is 1.98. The van der Waals surface area contributed by atoms with Crippen molar-refractivity contribution in [3.05, 3.63) is 0 Å². The lowest BCUT2D eigenvalue weighted by Crippen LogP contribution is -2.37. The molecule has 0 spiro atoms. The molecule has 0 fully saturated rings. The number of rotatable bonds is 5. The number of aliphatic hydroxyl groups is 1. The van der Waals surface area contributed by atoms with Gasteiger partial charge in [-0.3, -0.25) is 4.55 Å². The van der Waals surface area contributed by atoms with Crippen LogP contribution in [0.1, 0.15) is 26.2 Å². The van der Waals surface area contributed by atoms with Crippen LogP contribution in [0.4, 0.5) is 0 Å². The molecule has 0 aromatic rings. The monoisotopic (exact) mass is 250 g/mol. The molecule has 1 atom stereocenters. The third kappa shape index (κ3) is 4.46. The molecule has 0 aliphatic heterocycles. The smallest absolute Gasteiger partial charge is 0.295 e. The number of alkyl halides is 2. The second-order valence-electron chi connectivity index (χ2n) is 2.73. The van der Waals surface area contributed by atoms with Crippen LogP contribution in [0.25, 0.3) is 0 Å². The minimum atomic E-state index is -4.60. The molecule has 13 heavy (non-hydrogen) atoms. The van der Waals surface area contributed by atoms with Gasteiger partial charge >= 0.3 is 0 Å². The lowest BCUT2D eigenvalue weighted by molar-refractivity contribution is 0.209. The Labute approximate surface area is 87.6 Å². The third-order valence-electron chi connectivity index (χ3n) is 1.51. The van der Waals surface area contributed by atoms with Gasteiger partial charge in [0.15, 0.2) is 4.33 Å². The van der Waals surface area contributed by atoms with Crippen molar-refractivity contribution in [2.75, 3.05) is 0 Å². The Hall–Kier alpha value is 0.450. The van der Waals surface area contributed by atoms with E-state index in [1.165, 1.54) is 0 Å². The van der Waals surface area contributed by atoms with E-state index in [1.807, 2.05) is 6.92 Å². The zero-order valence-corrected chi connectivity index (χ0v) is 9.40. The second-order valence-corrected chi connectivity index (χ2v) is 5.75. The first kappa shape index (κ1) is 13.4. The summed E-state index contributed by atoms with van der Waals surface area (Å²) in [7, 11) is -4.60. The summed E-state index contributed by atoms with van der Waals surface area (Å²) >= 11 is 11.1. The number of unbranched alkanes of at least 4 members (excludes halogenated alkanes) is 1. The third-order valence-corrected chi connectivity index (χ3v) is 3.52. The van der Waals surface area contributed by atoms with Gasteiger partial charge in [0.05, 0.1) is 0 Å². The summed E-state index contributed by atoms with van der Waals surface area (Å²) in [6, 6.07) is 0. The molecule has 0 saturated heterocycles. The highest BCUT2D eigenvalue weighted by Crippen LogP contribution is 2.33. The first-order valence-corrected chi connectivity index (χ1v) is 6.00. The first-order valence-electron chi connectivity index (χ1n) is 3.74.